The number of nitrogens with one attached hydrogen (secondary N) is 1. The molecule has 0 aliphatic carbocycles. The molecule has 0 saturated heterocycles. The number of aromatic nitrogens is 2. The Hall–Kier alpha value is -0.870. The highest BCUT2D eigenvalue weighted by Crippen LogP contribution is 2.18. The van der Waals surface area contributed by atoms with Crippen LogP contribution in [0.3, 0.4) is 0 Å². The van der Waals surface area contributed by atoms with Crippen molar-refractivity contribution >= 4 is 17.4 Å². The van der Waals surface area contributed by atoms with Gasteiger partial charge in [0.15, 0.2) is 0 Å². The van der Waals surface area contributed by atoms with Gasteiger partial charge in [0.05, 0.1) is 0 Å². The zero-order valence-corrected chi connectivity index (χ0v) is 12.7. The predicted molar refractivity (Wildman–Crippen MR) is 77.2 cm³/mol. The first-order valence-electron chi connectivity index (χ1n) is 6.24. The van der Waals surface area contributed by atoms with Crippen molar-refractivity contribution in [3.05, 3.63) is 17.0 Å². The number of hydrogen-bond acceptors (Lipinski definition) is 4. The summed E-state index contributed by atoms with van der Waals surface area (Å²) in [6.45, 7) is 8.33. The molecule has 4 nitrogen and oxygen atoms in total. The Kier molecular flexibility index (Phi) is 5.35. The van der Waals surface area contributed by atoms with Crippen molar-refractivity contribution in [1.82, 2.24) is 14.9 Å². The van der Waals surface area contributed by atoms with Crippen LogP contribution in [0.2, 0.25) is 5.15 Å². The van der Waals surface area contributed by atoms with Crippen molar-refractivity contribution in [2.45, 2.75) is 27.2 Å². The topological polar surface area (TPSA) is 41.1 Å². The summed E-state index contributed by atoms with van der Waals surface area (Å²) < 4.78 is 0. The second-order valence-corrected chi connectivity index (χ2v) is 5.99. The minimum absolute atomic E-state index is 0.174. The molecule has 0 radical (unpaired) electrons. The Morgan fingerprint density at radius 2 is 2.00 bits per heavy atom. The van der Waals surface area contributed by atoms with Crippen LogP contribution in [-0.4, -0.2) is 42.1 Å². The van der Waals surface area contributed by atoms with Gasteiger partial charge in [-0.2, -0.15) is 0 Å². The molecule has 0 fully saturated rings. The van der Waals surface area contributed by atoms with Crippen LogP contribution in [0.25, 0.3) is 0 Å². The summed E-state index contributed by atoms with van der Waals surface area (Å²) in [4.78, 5) is 10.8. The summed E-state index contributed by atoms with van der Waals surface area (Å²) >= 11 is 5.96. The largest absolute Gasteiger partial charge is 0.369 e. The average molecular weight is 271 g/mol. The van der Waals surface area contributed by atoms with E-state index in [1.54, 1.807) is 6.07 Å². The Labute approximate surface area is 115 Å². The molecule has 0 amide bonds. The van der Waals surface area contributed by atoms with E-state index in [2.05, 4.69) is 48.1 Å². The fourth-order valence-electron chi connectivity index (χ4n) is 1.96. The zero-order valence-electron chi connectivity index (χ0n) is 11.9. The van der Waals surface area contributed by atoms with Crippen molar-refractivity contribution in [2.75, 3.05) is 32.5 Å². The molecule has 0 spiro atoms. The maximum atomic E-state index is 5.96. The van der Waals surface area contributed by atoms with E-state index in [-0.39, 0.29) is 5.41 Å². The molecule has 1 aromatic heterocycles. The summed E-state index contributed by atoms with van der Waals surface area (Å²) in [7, 11) is 4.16. The molecule has 1 rings (SSSR count). The fourth-order valence-corrected chi connectivity index (χ4v) is 2.16. The third-order valence-electron chi connectivity index (χ3n) is 2.55. The Bertz CT molecular complexity index is 391. The van der Waals surface area contributed by atoms with E-state index < -0.39 is 0 Å². The molecule has 5 heteroatoms. The van der Waals surface area contributed by atoms with Crippen LogP contribution in [0.1, 0.15) is 26.6 Å². The number of nitrogens with zero attached hydrogens (tertiary/aromatic N) is 3. The van der Waals surface area contributed by atoms with Crippen LogP contribution >= 0.6 is 11.6 Å². The molecular weight excluding hydrogens is 248 g/mol. The Morgan fingerprint density at radius 3 is 2.56 bits per heavy atom. The van der Waals surface area contributed by atoms with E-state index in [1.165, 1.54) is 0 Å². The number of aryl methyl sites for hydroxylation is 1. The van der Waals surface area contributed by atoms with Gasteiger partial charge < -0.3 is 10.2 Å². The van der Waals surface area contributed by atoms with E-state index in [4.69, 9.17) is 11.6 Å². The van der Waals surface area contributed by atoms with E-state index in [0.717, 1.165) is 31.2 Å². The summed E-state index contributed by atoms with van der Waals surface area (Å²) in [5.41, 5.74) is 0.174. The zero-order chi connectivity index (χ0) is 13.8. The third-order valence-corrected chi connectivity index (χ3v) is 2.74. The maximum Gasteiger partial charge on any atom is 0.134 e. The third kappa shape index (κ3) is 5.19. The molecular formula is C13H23ClN4. The van der Waals surface area contributed by atoms with Gasteiger partial charge in [0.1, 0.15) is 16.8 Å². The van der Waals surface area contributed by atoms with Crippen molar-refractivity contribution in [2.24, 2.45) is 5.41 Å². The monoisotopic (exact) mass is 270 g/mol. The standard InChI is InChI=1S/C13H23ClN4/c1-6-11-16-10(14)7-12(17-11)15-8-13(2,3)9-18(4)5/h7H,6,8-9H2,1-5H3,(H,15,16,17). The molecule has 0 unspecified atom stereocenters. The Morgan fingerprint density at radius 1 is 1.33 bits per heavy atom. The van der Waals surface area contributed by atoms with Gasteiger partial charge in [-0.3, -0.25) is 0 Å². The van der Waals surface area contributed by atoms with Gasteiger partial charge in [0, 0.05) is 25.6 Å². The molecule has 0 aliphatic rings. The van der Waals surface area contributed by atoms with Gasteiger partial charge in [-0.05, 0) is 19.5 Å². The molecule has 1 heterocycles. The first-order chi connectivity index (χ1) is 8.32. The predicted octanol–water partition coefficient (Wildman–Crippen LogP) is 2.69. The molecule has 1 N–H and O–H groups in total. The van der Waals surface area contributed by atoms with Gasteiger partial charge in [-0.25, -0.2) is 9.97 Å². The van der Waals surface area contributed by atoms with Gasteiger partial charge in [-0.15, -0.1) is 0 Å². The van der Waals surface area contributed by atoms with Gasteiger partial charge in [0.2, 0.25) is 0 Å². The smallest absolute Gasteiger partial charge is 0.134 e. The summed E-state index contributed by atoms with van der Waals surface area (Å²) in [5, 5.41) is 3.84. The summed E-state index contributed by atoms with van der Waals surface area (Å²) in [5.74, 6) is 1.58. The molecule has 0 atom stereocenters. The first kappa shape index (κ1) is 15.2. The number of hydrogen-bond donors (Lipinski definition) is 1. The minimum Gasteiger partial charge on any atom is -0.369 e. The highest BCUT2D eigenvalue weighted by molar-refractivity contribution is 6.29. The van der Waals surface area contributed by atoms with E-state index >= 15 is 0 Å². The van der Waals surface area contributed by atoms with Crippen LogP contribution in [-0.2, 0) is 6.42 Å². The summed E-state index contributed by atoms with van der Waals surface area (Å²) in [6, 6.07) is 1.77. The van der Waals surface area contributed by atoms with Crippen molar-refractivity contribution in [1.29, 1.82) is 0 Å². The maximum absolute atomic E-state index is 5.96. The second-order valence-electron chi connectivity index (χ2n) is 5.60. The SMILES string of the molecule is CCc1nc(Cl)cc(NCC(C)(C)CN(C)C)n1. The average Bonchev–Trinajstić information content (AvgIpc) is 2.24. The van der Waals surface area contributed by atoms with Gasteiger partial charge >= 0.3 is 0 Å². The highest BCUT2D eigenvalue weighted by Gasteiger charge is 2.18. The Balaban J connectivity index is 2.65. The number of rotatable bonds is 6. The molecule has 102 valence electrons. The lowest BCUT2D eigenvalue weighted by Gasteiger charge is -2.28. The quantitative estimate of drug-likeness (QED) is 0.807. The fraction of sp³-hybridized carbons (Fsp3) is 0.692. The molecule has 0 aliphatic heterocycles. The molecule has 1 aromatic rings. The van der Waals surface area contributed by atoms with E-state index in [0.29, 0.717) is 5.15 Å². The van der Waals surface area contributed by atoms with Crippen LogP contribution in [0, 0.1) is 5.41 Å². The van der Waals surface area contributed by atoms with Gasteiger partial charge in [0.25, 0.3) is 0 Å². The van der Waals surface area contributed by atoms with Crippen LogP contribution in [0.4, 0.5) is 5.82 Å². The number of anilines is 1. The van der Waals surface area contributed by atoms with E-state index in [1.807, 2.05) is 6.92 Å². The highest BCUT2D eigenvalue weighted by atomic mass is 35.5. The normalized spacial score (nSPS) is 11.9. The van der Waals surface area contributed by atoms with E-state index in [9.17, 15) is 0 Å². The molecule has 0 bridgehead atoms. The van der Waals surface area contributed by atoms with Crippen LogP contribution in [0.5, 0.6) is 0 Å². The second kappa shape index (κ2) is 6.34. The molecule has 0 saturated carbocycles. The minimum atomic E-state index is 0.174. The van der Waals surface area contributed by atoms with Gasteiger partial charge in [-0.1, -0.05) is 32.4 Å². The summed E-state index contributed by atoms with van der Waals surface area (Å²) in [6.07, 6.45) is 0.788. The number of halogens is 1. The lowest BCUT2D eigenvalue weighted by Crippen LogP contribution is -2.34. The van der Waals surface area contributed by atoms with Crippen molar-refractivity contribution in [3.8, 4) is 0 Å². The molecule has 0 aromatic carbocycles. The van der Waals surface area contributed by atoms with Crippen LogP contribution < -0.4 is 5.32 Å². The lowest BCUT2D eigenvalue weighted by molar-refractivity contribution is 0.254. The van der Waals surface area contributed by atoms with Crippen molar-refractivity contribution in [3.63, 3.8) is 0 Å². The van der Waals surface area contributed by atoms with Crippen molar-refractivity contribution < 1.29 is 0 Å². The molecule has 18 heavy (non-hydrogen) atoms. The first-order valence-corrected chi connectivity index (χ1v) is 6.62. The van der Waals surface area contributed by atoms with Crippen LogP contribution in [0.15, 0.2) is 6.07 Å². The lowest BCUT2D eigenvalue weighted by atomic mass is 9.93.